The molecule has 0 amide bonds. The van der Waals surface area contributed by atoms with E-state index in [1.54, 1.807) is 0 Å². The lowest BCUT2D eigenvalue weighted by Gasteiger charge is -2.21. The van der Waals surface area contributed by atoms with Gasteiger partial charge in [-0.25, -0.2) is 0 Å². The summed E-state index contributed by atoms with van der Waals surface area (Å²) in [4.78, 5) is 4.16. The molecule has 0 saturated heterocycles. The largest absolute Gasteiger partial charge is 0.359 e. The van der Waals surface area contributed by atoms with Crippen LogP contribution in [0.1, 0.15) is 38.5 Å². The predicted octanol–water partition coefficient (Wildman–Crippen LogP) is 2.37. The maximum atomic E-state index is 4.16. The van der Waals surface area contributed by atoms with E-state index in [2.05, 4.69) is 15.6 Å². The molecule has 94 valence electrons. The monoisotopic (exact) mass is 337 g/mol. The molecule has 0 spiro atoms. The molecule has 0 aliphatic heterocycles. The minimum atomic E-state index is 0. The van der Waals surface area contributed by atoms with E-state index >= 15 is 0 Å². The van der Waals surface area contributed by atoms with Crippen LogP contribution < -0.4 is 10.6 Å². The third-order valence-electron chi connectivity index (χ3n) is 3.88. The highest BCUT2D eigenvalue weighted by molar-refractivity contribution is 14.0. The fourth-order valence-electron chi connectivity index (χ4n) is 2.89. The van der Waals surface area contributed by atoms with Crippen molar-refractivity contribution in [2.75, 3.05) is 14.1 Å². The number of guanidine groups is 1. The van der Waals surface area contributed by atoms with Crippen LogP contribution in [0.4, 0.5) is 0 Å². The molecule has 2 rings (SSSR count). The fourth-order valence-corrected chi connectivity index (χ4v) is 2.89. The van der Waals surface area contributed by atoms with Gasteiger partial charge in [0.2, 0.25) is 0 Å². The van der Waals surface area contributed by atoms with E-state index < -0.39 is 0 Å². The van der Waals surface area contributed by atoms with Gasteiger partial charge in [-0.1, -0.05) is 32.1 Å². The van der Waals surface area contributed by atoms with Crippen molar-refractivity contribution in [1.29, 1.82) is 0 Å². The highest BCUT2D eigenvalue weighted by atomic mass is 127. The highest BCUT2D eigenvalue weighted by Gasteiger charge is 2.43. The summed E-state index contributed by atoms with van der Waals surface area (Å²) >= 11 is 0. The van der Waals surface area contributed by atoms with Crippen molar-refractivity contribution in [2.24, 2.45) is 16.8 Å². The van der Waals surface area contributed by atoms with Crippen molar-refractivity contribution in [2.45, 2.75) is 44.6 Å². The molecule has 0 bridgehead atoms. The van der Waals surface area contributed by atoms with Crippen LogP contribution in [0.15, 0.2) is 4.99 Å². The van der Waals surface area contributed by atoms with Crippen LogP contribution in [0.5, 0.6) is 0 Å². The summed E-state index contributed by atoms with van der Waals surface area (Å²) in [5, 5.41) is 6.56. The number of rotatable bonds is 2. The molecular weight excluding hydrogens is 313 g/mol. The lowest BCUT2D eigenvalue weighted by molar-refractivity contribution is 0.316. The molecule has 2 unspecified atom stereocenters. The van der Waals surface area contributed by atoms with Crippen molar-refractivity contribution in [3.63, 3.8) is 0 Å². The van der Waals surface area contributed by atoms with Crippen molar-refractivity contribution in [3.8, 4) is 0 Å². The first kappa shape index (κ1) is 14.1. The van der Waals surface area contributed by atoms with Gasteiger partial charge in [0.05, 0.1) is 0 Å². The molecule has 0 aromatic heterocycles. The van der Waals surface area contributed by atoms with Crippen LogP contribution in [-0.2, 0) is 0 Å². The zero-order valence-corrected chi connectivity index (χ0v) is 12.7. The number of nitrogens with zero attached hydrogens (tertiary/aromatic N) is 1. The SMILES string of the molecule is CN=C(NC)NC1CC1C1CCCCC1.I. The minimum Gasteiger partial charge on any atom is -0.359 e. The summed E-state index contributed by atoms with van der Waals surface area (Å²) in [6.07, 6.45) is 8.64. The number of halogens is 1. The molecular formula is C12H24IN3. The first-order valence-corrected chi connectivity index (χ1v) is 6.26. The van der Waals surface area contributed by atoms with Gasteiger partial charge in [-0.2, -0.15) is 0 Å². The Balaban J connectivity index is 0.00000128. The first-order chi connectivity index (χ1) is 7.35. The van der Waals surface area contributed by atoms with Crippen LogP contribution in [0.3, 0.4) is 0 Å². The lowest BCUT2D eigenvalue weighted by atomic mass is 9.85. The topological polar surface area (TPSA) is 36.4 Å². The van der Waals surface area contributed by atoms with Crippen molar-refractivity contribution >= 4 is 29.9 Å². The predicted molar refractivity (Wildman–Crippen MR) is 79.4 cm³/mol. The average Bonchev–Trinajstić information content (AvgIpc) is 3.06. The Kier molecular flexibility index (Phi) is 5.86. The maximum absolute atomic E-state index is 4.16. The summed E-state index contributed by atoms with van der Waals surface area (Å²) in [5.41, 5.74) is 0. The van der Waals surface area contributed by atoms with E-state index in [0.29, 0.717) is 6.04 Å². The maximum Gasteiger partial charge on any atom is 0.190 e. The van der Waals surface area contributed by atoms with Crippen LogP contribution in [0, 0.1) is 11.8 Å². The van der Waals surface area contributed by atoms with Gasteiger partial charge in [-0.05, 0) is 18.3 Å². The van der Waals surface area contributed by atoms with Gasteiger partial charge in [-0.15, -0.1) is 24.0 Å². The van der Waals surface area contributed by atoms with Crippen LogP contribution >= 0.6 is 24.0 Å². The first-order valence-electron chi connectivity index (χ1n) is 6.26. The van der Waals surface area contributed by atoms with Crippen molar-refractivity contribution in [3.05, 3.63) is 0 Å². The second-order valence-corrected chi connectivity index (χ2v) is 4.87. The zero-order valence-electron chi connectivity index (χ0n) is 10.3. The van der Waals surface area contributed by atoms with Gasteiger partial charge in [0.1, 0.15) is 0 Å². The Morgan fingerprint density at radius 2 is 1.88 bits per heavy atom. The van der Waals surface area contributed by atoms with Crippen LogP contribution in [0.25, 0.3) is 0 Å². The number of hydrogen-bond acceptors (Lipinski definition) is 1. The van der Waals surface area contributed by atoms with E-state index in [0.717, 1.165) is 17.8 Å². The minimum absolute atomic E-state index is 0. The van der Waals surface area contributed by atoms with Gasteiger partial charge in [0.15, 0.2) is 5.96 Å². The molecule has 0 radical (unpaired) electrons. The third-order valence-corrected chi connectivity index (χ3v) is 3.88. The molecule has 2 aliphatic rings. The average molecular weight is 337 g/mol. The van der Waals surface area contributed by atoms with E-state index in [1.165, 1.54) is 38.5 Å². The zero-order chi connectivity index (χ0) is 10.7. The van der Waals surface area contributed by atoms with Gasteiger partial charge in [-0.3, -0.25) is 4.99 Å². The summed E-state index contributed by atoms with van der Waals surface area (Å²) in [7, 11) is 3.75. The molecule has 16 heavy (non-hydrogen) atoms. The van der Waals surface area contributed by atoms with E-state index in [1.807, 2.05) is 14.1 Å². The summed E-state index contributed by atoms with van der Waals surface area (Å²) in [5.74, 6) is 2.86. The van der Waals surface area contributed by atoms with Crippen molar-refractivity contribution in [1.82, 2.24) is 10.6 Å². The quantitative estimate of drug-likeness (QED) is 0.461. The Bertz CT molecular complexity index is 236. The summed E-state index contributed by atoms with van der Waals surface area (Å²) in [6.45, 7) is 0. The second kappa shape index (κ2) is 6.67. The van der Waals surface area contributed by atoms with E-state index in [4.69, 9.17) is 0 Å². The molecule has 2 N–H and O–H groups in total. The molecule has 4 heteroatoms. The smallest absolute Gasteiger partial charge is 0.190 e. The molecule has 2 saturated carbocycles. The van der Waals surface area contributed by atoms with Gasteiger partial charge in [0, 0.05) is 20.1 Å². The van der Waals surface area contributed by atoms with Crippen LogP contribution in [0.2, 0.25) is 0 Å². The molecule has 0 aromatic rings. The van der Waals surface area contributed by atoms with E-state index in [-0.39, 0.29) is 24.0 Å². The molecule has 0 aromatic carbocycles. The molecule has 2 fully saturated rings. The van der Waals surface area contributed by atoms with Gasteiger partial charge < -0.3 is 10.6 Å². The Morgan fingerprint density at radius 1 is 1.19 bits per heavy atom. The highest BCUT2D eigenvalue weighted by Crippen LogP contribution is 2.44. The third kappa shape index (κ3) is 3.50. The lowest BCUT2D eigenvalue weighted by Crippen LogP contribution is -2.37. The van der Waals surface area contributed by atoms with Crippen molar-refractivity contribution < 1.29 is 0 Å². The number of nitrogens with one attached hydrogen (secondary N) is 2. The molecule has 2 atom stereocenters. The summed E-state index contributed by atoms with van der Waals surface area (Å²) in [6, 6.07) is 0.694. The van der Waals surface area contributed by atoms with Gasteiger partial charge >= 0.3 is 0 Å². The van der Waals surface area contributed by atoms with E-state index in [9.17, 15) is 0 Å². The molecule has 2 aliphatic carbocycles. The second-order valence-electron chi connectivity index (χ2n) is 4.87. The summed E-state index contributed by atoms with van der Waals surface area (Å²) < 4.78 is 0. The number of hydrogen-bond donors (Lipinski definition) is 2. The normalized spacial score (nSPS) is 30.5. The van der Waals surface area contributed by atoms with Crippen LogP contribution in [-0.4, -0.2) is 26.1 Å². The Labute approximate surface area is 116 Å². The molecule has 3 nitrogen and oxygen atoms in total. The Hall–Kier alpha value is 0. The van der Waals surface area contributed by atoms with Gasteiger partial charge in [0.25, 0.3) is 0 Å². The molecule has 0 heterocycles. The number of aliphatic imine (C=N–C) groups is 1. The fraction of sp³-hybridized carbons (Fsp3) is 0.917. The Morgan fingerprint density at radius 3 is 2.44 bits per heavy atom. The standard InChI is InChI=1S/C12H23N3.HI/c1-13-12(14-2)15-11-8-10(11)9-6-4-3-5-7-9;/h9-11H,3-8H2,1-2H3,(H2,13,14,15);1H.